The van der Waals surface area contributed by atoms with Crippen LogP contribution in [0.25, 0.3) is 0 Å². The van der Waals surface area contributed by atoms with E-state index in [1.165, 1.54) is 18.9 Å². The maximum absolute atomic E-state index is 14.1. The Morgan fingerprint density at radius 3 is 2.57 bits per heavy atom. The number of benzene rings is 1. The molecule has 2 fully saturated rings. The van der Waals surface area contributed by atoms with Crippen molar-refractivity contribution in [3.63, 3.8) is 0 Å². The van der Waals surface area contributed by atoms with Gasteiger partial charge in [-0.05, 0) is 42.1 Å². The predicted molar refractivity (Wildman–Crippen MR) is 92.1 cm³/mol. The van der Waals surface area contributed by atoms with Crippen molar-refractivity contribution in [3.8, 4) is 0 Å². The first-order valence-electron chi connectivity index (χ1n) is 7.86. The molecule has 0 N–H and O–H groups in total. The van der Waals surface area contributed by atoms with Crippen molar-refractivity contribution in [1.29, 1.82) is 0 Å². The van der Waals surface area contributed by atoms with Gasteiger partial charge in [0.2, 0.25) is 0 Å². The number of alkyl halides is 1. The van der Waals surface area contributed by atoms with Gasteiger partial charge in [0, 0.05) is 9.99 Å². The second-order valence-electron chi connectivity index (χ2n) is 7.40. The Labute approximate surface area is 140 Å². The molecule has 2 aliphatic carbocycles. The normalized spacial score (nSPS) is 35.1. The zero-order chi connectivity index (χ0) is 15.3. The maximum atomic E-state index is 14.1. The summed E-state index contributed by atoms with van der Waals surface area (Å²) in [5, 5.41) is 0. The molecule has 0 radical (unpaired) electrons. The van der Waals surface area contributed by atoms with Crippen molar-refractivity contribution in [2.24, 2.45) is 16.7 Å². The first-order chi connectivity index (χ1) is 9.90. The zero-order valence-electron chi connectivity index (χ0n) is 13.0. The first kappa shape index (κ1) is 15.7. The third kappa shape index (κ3) is 2.35. The molecule has 0 aliphatic heterocycles. The van der Waals surface area contributed by atoms with E-state index in [-0.39, 0.29) is 23.4 Å². The molecular weight excluding hydrogens is 378 g/mol. The molecule has 116 valence electrons. The standard InChI is InChI=1S/C18H24FIO/c1-17(2)12-8-9-18(17,3)16(10-12)21-15(11-20)13-6-4-5-7-14(13)19/h4-7,12,15-16H,8-11H2,1-3H3. The summed E-state index contributed by atoms with van der Waals surface area (Å²) in [5.41, 5.74) is 1.27. The van der Waals surface area contributed by atoms with Gasteiger partial charge in [0.25, 0.3) is 0 Å². The number of rotatable bonds is 4. The van der Waals surface area contributed by atoms with Crippen molar-refractivity contribution in [2.45, 2.75) is 52.2 Å². The Balaban J connectivity index is 1.82. The quantitative estimate of drug-likeness (QED) is 0.475. The van der Waals surface area contributed by atoms with Crippen molar-refractivity contribution < 1.29 is 9.13 Å². The number of hydrogen-bond acceptors (Lipinski definition) is 1. The second-order valence-corrected chi connectivity index (χ2v) is 8.28. The fourth-order valence-electron chi connectivity index (χ4n) is 4.46. The average Bonchev–Trinajstić information content (AvgIpc) is 2.78. The van der Waals surface area contributed by atoms with Gasteiger partial charge in [0.05, 0.1) is 12.2 Å². The molecule has 2 aliphatic rings. The van der Waals surface area contributed by atoms with Crippen LogP contribution in [0.4, 0.5) is 4.39 Å². The highest BCUT2D eigenvalue weighted by Gasteiger charge is 2.62. The molecular formula is C18H24FIO. The summed E-state index contributed by atoms with van der Waals surface area (Å²) in [6.07, 6.45) is 3.80. The summed E-state index contributed by atoms with van der Waals surface area (Å²) < 4.78 is 21.3. The zero-order valence-corrected chi connectivity index (χ0v) is 15.2. The second kappa shape index (κ2) is 5.48. The topological polar surface area (TPSA) is 9.23 Å². The van der Waals surface area contributed by atoms with Crippen LogP contribution >= 0.6 is 22.6 Å². The monoisotopic (exact) mass is 402 g/mol. The SMILES string of the molecule is CC1(C)C2CCC1(C)C(OC(CI)c1ccccc1F)C2. The van der Waals surface area contributed by atoms with Crippen LogP contribution in [-0.4, -0.2) is 10.5 Å². The van der Waals surface area contributed by atoms with Crippen LogP contribution in [0.2, 0.25) is 0 Å². The lowest BCUT2D eigenvalue weighted by Gasteiger charge is -2.40. The van der Waals surface area contributed by atoms with E-state index in [4.69, 9.17) is 4.74 Å². The molecule has 1 nitrogen and oxygen atoms in total. The molecule has 4 unspecified atom stereocenters. The Morgan fingerprint density at radius 1 is 1.33 bits per heavy atom. The predicted octanol–water partition coefficient (Wildman–Crippen LogP) is 5.53. The molecule has 2 bridgehead atoms. The van der Waals surface area contributed by atoms with E-state index < -0.39 is 0 Å². The first-order valence-corrected chi connectivity index (χ1v) is 9.38. The largest absolute Gasteiger partial charge is 0.369 e. The van der Waals surface area contributed by atoms with E-state index in [1.54, 1.807) is 6.07 Å². The molecule has 0 aromatic heterocycles. The minimum absolute atomic E-state index is 0.135. The van der Waals surface area contributed by atoms with Crippen LogP contribution in [0, 0.1) is 22.6 Å². The van der Waals surface area contributed by atoms with Crippen LogP contribution in [0.1, 0.15) is 51.7 Å². The summed E-state index contributed by atoms with van der Waals surface area (Å²) in [7, 11) is 0. The van der Waals surface area contributed by atoms with Crippen molar-refractivity contribution in [2.75, 3.05) is 4.43 Å². The van der Waals surface area contributed by atoms with Crippen molar-refractivity contribution >= 4 is 22.6 Å². The summed E-state index contributed by atoms with van der Waals surface area (Å²) in [5.74, 6) is 0.606. The van der Waals surface area contributed by atoms with Gasteiger partial charge in [0.15, 0.2) is 0 Å². The molecule has 21 heavy (non-hydrogen) atoms. The summed E-state index contributed by atoms with van der Waals surface area (Å²) in [4.78, 5) is 0. The van der Waals surface area contributed by atoms with Crippen LogP contribution < -0.4 is 0 Å². The van der Waals surface area contributed by atoms with Gasteiger partial charge in [0.1, 0.15) is 5.82 Å². The van der Waals surface area contributed by atoms with Gasteiger partial charge >= 0.3 is 0 Å². The minimum Gasteiger partial charge on any atom is -0.369 e. The average molecular weight is 402 g/mol. The fourth-order valence-corrected chi connectivity index (χ4v) is 5.15. The Hall–Kier alpha value is -0.160. The smallest absolute Gasteiger partial charge is 0.129 e. The van der Waals surface area contributed by atoms with Crippen molar-refractivity contribution in [3.05, 3.63) is 35.6 Å². The van der Waals surface area contributed by atoms with Crippen LogP contribution in [-0.2, 0) is 4.74 Å². The van der Waals surface area contributed by atoms with Crippen LogP contribution in [0.15, 0.2) is 24.3 Å². The lowest BCUT2D eigenvalue weighted by molar-refractivity contribution is -0.0801. The number of hydrogen-bond donors (Lipinski definition) is 0. The Morgan fingerprint density at radius 2 is 2.05 bits per heavy atom. The lowest BCUT2D eigenvalue weighted by Crippen LogP contribution is -2.38. The van der Waals surface area contributed by atoms with E-state index >= 15 is 0 Å². The molecule has 3 rings (SSSR count). The number of ether oxygens (including phenoxy) is 1. The molecule has 0 amide bonds. The summed E-state index contributed by atoms with van der Waals surface area (Å²) >= 11 is 2.31. The molecule has 4 atom stereocenters. The lowest BCUT2D eigenvalue weighted by atomic mass is 9.70. The van der Waals surface area contributed by atoms with Crippen LogP contribution in [0.3, 0.4) is 0 Å². The van der Waals surface area contributed by atoms with E-state index in [1.807, 2.05) is 12.1 Å². The number of halogens is 2. The summed E-state index contributed by atoms with van der Waals surface area (Å²) in [6, 6.07) is 7.03. The Bertz CT molecular complexity index is 530. The highest BCUT2D eigenvalue weighted by Crippen LogP contribution is 2.66. The third-order valence-corrected chi connectivity index (χ3v) is 7.23. The highest BCUT2D eigenvalue weighted by atomic mass is 127. The maximum Gasteiger partial charge on any atom is 0.129 e. The Kier molecular flexibility index (Phi) is 4.11. The van der Waals surface area contributed by atoms with Gasteiger partial charge in [-0.1, -0.05) is 61.6 Å². The third-order valence-electron chi connectivity index (χ3n) is 6.43. The highest BCUT2D eigenvalue weighted by molar-refractivity contribution is 14.1. The van der Waals surface area contributed by atoms with Gasteiger partial charge in [-0.15, -0.1) is 0 Å². The number of fused-ring (bicyclic) bond motifs is 2. The molecule has 0 spiro atoms. The summed E-state index contributed by atoms with van der Waals surface area (Å²) in [6.45, 7) is 7.14. The van der Waals surface area contributed by atoms with Gasteiger partial charge in [-0.2, -0.15) is 0 Å². The van der Waals surface area contributed by atoms with Gasteiger partial charge < -0.3 is 4.74 Å². The minimum atomic E-state index is -0.147. The molecule has 1 aromatic carbocycles. The molecule has 0 saturated heterocycles. The van der Waals surface area contributed by atoms with E-state index in [2.05, 4.69) is 43.4 Å². The molecule has 3 heteroatoms. The van der Waals surface area contributed by atoms with Gasteiger partial charge in [-0.25, -0.2) is 4.39 Å². The van der Waals surface area contributed by atoms with E-state index in [0.717, 1.165) is 16.8 Å². The van der Waals surface area contributed by atoms with Crippen LogP contribution in [0.5, 0.6) is 0 Å². The molecule has 1 aromatic rings. The van der Waals surface area contributed by atoms with Gasteiger partial charge in [-0.3, -0.25) is 0 Å². The van der Waals surface area contributed by atoms with E-state index in [0.29, 0.717) is 11.0 Å². The van der Waals surface area contributed by atoms with Crippen molar-refractivity contribution in [1.82, 2.24) is 0 Å². The molecule has 0 heterocycles. The fraction of sp³-hybridized carbons (Fsp3) is 0.667. The van der Waals surface area contributed by atoms with E-state index in [9.17, 15) is 4.39 Å². The molecule has 2 saturated carbocycles.